The van der Waals surface area contributed by atoms with Crippen LogP contribution >= 0.6 is 0 Å². The summed E-state index contributed by atoms with van der Waals surface area (Å²) in [6.45, 7) is 10.7. The van der Waals surface area contributed by atoms with Crippen LogP contribution in [-0.2, 0) is 16.6 Å². The number of nitrogens with zero attached hydrogens (tertiary/aromatic N) is 2. The van der Waals surface area contributed by atoms with Crippen LogP contribution in [0.5, 0.6) is 0 Å². The summed E-state index contributed by atoms with van der Waals surface area (Å²) in [5.74, 6) is 1.67. The van der Waals surface area contributed by atoms with Crippen molar-refractivity contribution >= 4 is 17.3 Å². The van der Waals surface area contributed by atoms with Crippen molar-refractivity contribution in [2.75, 3.05) is 16.8 Å². The molecule has 1 atom stereocenters. The fourth-order valence-corrected chi connectivity index (χ4v) is 2.96. The van der Waals surface area contributed by atoms with E-state index in [4.69, 9.17) is 4.42 Å². The maximum atomic E-state index is 11.6. The van der Waals surface area contributed by atoms with E-state index < -0.39 is 0 Å². The summed E-state index contributed by atoms with van der Waals surface area (Å²) in [5.41, 5.74) is 3.19. The lowest BCUT2D eigenvalue weighted by Gasteiger charge is -2.17. The Balaban J connectivity index is 1.75. The molecule has 0 aliphatic carbocycles. The third-order valence-electron chi connectivity index (χ3n) is 4.37. The van der Waals surface area contributed by atoms with Crippen molar-refractivity contribution in [2.45, 2.75) is 52.5 Å². The van der Waals surface area contributed by atoms with Gasteiger partial charge >= 0.3 is 0 Å². The number of amides is 1. The van der Waals surface area contributed by atoms with Crippen molar-refractivity contribution in [1.82, 2.24) is 4.98 Å². The molecule has 0 bridgehead atoms. The Morgan fingerprint density at radius 1 is 1.38 bits per heavy atom. The summed E-state index contributed by atoms with van der Waals surface area (Å²) in [4.78, 5) is 17.9. The third-order valence-corrected chi connectivity index (χ3v) is 4.37. The number of anilines is 2. The molecule has 24 heavy (non-hydrogen) atoms. The summed E-state index contributed by atoms with van der Waals surface area (Å²) in [6, 6.07) is 6.10. The number of hydrogen-bond donors (Lipinski definition) is 1. The van der Waals surface area contributed by atoms with E-state index in [1.54, 1.807) is 13.1 Å². The molecule has 0 spiro atoms. The first-order valence-electron chi connectivity index (χ1n) is 8.39. The van der Waals surface area contributed by atoms with Gasteiger partial charge in [-0.25, -0.2) is 4.98 Å². The number of carbonyl (C=O) groups is 1. The number of fused-ring (bicyclic) bond motifs is 1. The molecule has 1 N–H and O–H groups in total. The monoisotopic (exact) mass is 327 g/mol. The number of benzene rings is 1. The SMILES string of the molecule is CC(=O)N1CCc2cc(NC(C)c3ncc(C(C)(C)C)o3)ccc21. The zero-order valence-electron chi connectivity index (χ0n) is 15.0. The summed E-state index contributed by atoms with van der Waals surface area (Å²) >= 11 is 0. The number of aromatic nitrogens is 1. The fraction of sp³-hybridized carbons (Fsp3) is 0.474. The van der Waals surface area contributed by atoms with Gasteiger partial charge in [-0.2, -0.15) is 0 Å². The van der Waals surface area contributed by atoms with Crippen molar-refractivity contribution in [2.24, 2.45) is 0 Å². The highest BCUT2D eigenvalue weighted by Gasteiger charge is 2.24. The summed E-state index contributed by atoms with van der Waals surface area (Å²) < 4.78 is 5.90. The van der Waals surface area contributed by atoms with Crippen LogP contribution in [0.15, 0.2) is 28.8 Å². The van der Waals surface area contributed by atoms with Gasteiger partial charge in [0, 0.05) is 30.3 Å². The van der Waals surface area contributed by atoms with Gasteiger partial charge in [-0.15, -0.1) is 0 Å². The molecule has 128 valence electrons. The topological polar surface area (TPSA) is 58.4 Å². The average Bonchev–Trinajstić information content (AvgIpc) is 3.13. The molecule has 0 fully saturated rings. The van der Waals surface area contributed by atoms with E-state index in [1.807, 2.05) is 24.0 Å². The van der Waals surface area contributed by atoms with Gasteiger partial charge in [-0.3, -0.25) is 4.79 Å². The zero-order chi connectivity index (χ0) is 17.5. The number of hydrogen-bond acceptors (Lipinski definition) is 4. The Labute approximate surface area is 143 Å². The highest BCUT2D eigenvalue weighted by atomic mass is 16.4. The molecular weight excluding hydrogens is 302 g/mol. The van der Waals surface area contributed by atoms with E-state index in [0.29, 0.717) is 5.89 Å². The molecule has 1 aliphatic heterocycles. The van der Waals surface area contributed by atoms with Crippen molar-refractivity contribution in [3.8, 4) is 0 Å². The standard InChI is InChI=1S/C19H25N3O2/c1-12(18-20-11-17(24-18)19(3,4)5)21-15-6-7-16-14(10-15)8-9-22(16)13(2)23/h6-7,10-12,21H,8-9H2,1-5H3. The quantitative estimate of drug-likeness (QED) is 0.924. The Hall–Kier alpha value is -2.30. The minimum Gasteiger partial charge on any atom is -0.443 e. The van der Waals surface area contributed by atoms with Gasteiger partial charge < -0.3 is 14.6 Å². The molecular formula is C19H25N3O2. The minimum atomic E-state index is -0.0469. The molecule has 1 unspecified atom stereocenters. The minimum absolute atomic E-state index is 0.0236. The van der Waals surface area contributed by atoms with Gasteiger partial charge in [0.15, 0.2) is 0 Å². The molecule has 0 saturated carbocycles. The van der Waals surface area contributed by atoms with Gasteiger partial charge in [0.1, 0.15) is 11.8 Å². The lowest BCUT2D eigenvalue weighted by atomic mass is 9.94. The Morgan fingerprint density at radius 2 is 2.12 bits per heavy atom. The van der Waals surface area contributed by atoms with E-state index in [0.717, 1.165) is 30.1 Å². The number of rotatable bonds is 3. The fourth-order valence-electron chi connectivity index (χ4n) is 2.96. The molecule has 0 radical (unpaired) electrons. The predicted molar refractivity (Wildman–Crippen MR) is 95.4 cm³/mol. The van der Waals surface area contributed by atoms with Crippen LogP contribution < -0.4 is 10.2 Å². The Morgan fingerprint density at radius 3 is 2.75 bits per heavy atom. The molecule has 5 nitrogen and oxygen atoms in total. The molecule has 1 aromatic heterocycles. The number of carbonyl (C=O) groups excluding carboxylic acids is 1. The van der Waals surface area contributed by atoms with Crippen LogP contribution in [0.3, 0.4) is 0 Å². The number of oxazole rings is 1. The molecule has 1 amide bonds. The van der Waals surface area contributed by atoms with E-state index >= 15 is 0 Å². The molecule has 0 saturated heterocycles. The van der Waals surface area contributed by atoms with Crippen LogP contribution in [0.2, 0.25) is 0 Å². The highest BCUT2D eigenvalue weighted by Crippen LogP contribution is 2.32. The van der Waals surface area contributed by atoms with Gasteiger partial charge in [0.05, 0.1) is 6.20 Å². The summed E-state index contributed by atoms with van der Waals surface area (Å²) in [5, 5.41) is 3.44. The van der Waals surface area contributed by atoms with Gasteiger partial charge in [0.2, 0.25) is 11.8 Å². The first-order chi connectivity index (χ1) is 11.3. The largest absolute Gasteiger partial charge is 0.443 e. The molecule has 3 rings (SSSR count). The first kappa shape index (κ1) is 16.6. The number of nitrogens with one attached hydrogen (secondary N) is 1. The van der Waals surface area contributed by atoms with Gasteiger partial charge in [-0.05, 0) is 37.1 Å². The molecule has 1 aromatic carbocycles. The second-order valence-electron chi connectivity index (χ2n) is 7.44. The van der Waals surface area contributed by atoms with Crippen molar-refractivity contribution in [3.63, 3.8) is 0 Å². The first-order valence-corrected chi connectivity index (χ1v) is 8.39. The zero-order valence-corrected chi connectivity index (χ0v) is 15.0. The normalized spacial score (nSPS) is 15.3. The highest BCUT2D eigenvalue weighted by molar-refractivity contribution is 5.94. The van der Waals surface area contributed by atoms with Crippen molar-refractivity contribution < 1.29 is 9.21 Å². The maximum absolute atomic E-state index is 11.6. The third kappa shape index (κ3) is 3.16. The van der Waals surface area contributed by atoms with E-state index in [1.165, 1.54) is 5.56 Å². The lowest BCUT2D eigenvalue weighted by molar-refractivity contribution is -0.116. The molecule has 2 heterocycles. The van der Waals surface area contributed by atoms with Crippen LogP contribution in [0, 0.1) is 0 Å². The maximum Gasteiger partial charge on any atom is 0.223 e. The lowest BCUT2D eigenvalue weighted by Crippen LogP contribution is -2.25. The molecule has 5 heteroatoms. The molecule has 1 aliphatic rings. The van der Waals surface area contributed by atoms with Crippen LogP contribution in [0.4, 0.5) is 11.4 Å². The van der Waals surface area contributed by atoms with Crippen molar-refractivity contribution in [3.05, 3.63) is 41.6 Å². The molecule has 2 aromatic rings. The summed E-state index contributed by atoms with van der Waals surface area (Å²) in [6.07, 6.45) is 2.70. The Bertz CT molecular complexity index is 758. The Kier molecular flexibility index (Phi) is 4.11. The van der Waals surface area contributed by atoms with Gasteiger partial charge in [-0.1, -0.05) is 20.8 Å². The van der Waals surface area contributed by atoms with Crippen LogP contribution in [0.1, 0.15) is 57.9 Å². The predicted octanol–water partition coefficient (Wildman–Crippen LogP) is 4.05. The van der Waals surface area contributed by atoms with Crippen molar-refractivity contribution in [1.29, 1.82) is 0 Å². The second-order valence-corrected chi connectivity index (χ2v) is 7.44. The van der Waals surface area contributed by atoms with E-state index in [2.05, 4.69) is 37.1 Å². The second kappa shape index (κ2) is 5.96. The summed E-state index contributed by atoms with van der Waals surface area (Å²) in [7, 11) is 0. The van der Waals surface area contributed by atoms with Crippen LogP contribution in [0.25, 0.3) is 0 Å². The van der Waals surface area contributed by atoms with E-state index in [-0.39, 0.29) is 17.4 Å². The van der Waals surface area contributed by atoms with Crippen LogP contribution in [-0.4, -0.2) is 17.4 Å². The average molecular weight is 327 g/mol. The van der Waals surface area contributed by atoms with E-state index in [9.17, 15) is 4.79 Å². The van der Waals surface area contributed by atoms with Gasteiger partial charge in [0.25, 0.3) is 0 Å². The smallest absolute Gasteiger partial charge is 0.223 e.